The number of ether oxygens (including phenoxy) is 1. The van der Waals surface area contributed by atoms with Gasteiger partial charge in [-0.05, 0) is 31.1 Å². The second kappa shape index (κ2) is 2.17. The standard InChI is InChI=1S/C12H18O2/c1-11(2)7-4-8-6-10(13)14-12(8,3)9(11)5-7/h7-9H,4-6H2,1-3H3/t7-,8+,9+,12-/m0/s1. The zero-order valence-electron chi connectivity index (χ0n) is 9.17. The fraction of sp³-hybridized carbons (Fsp3) is 0.917. The molecule has 3 saturated carbocycles. The second-order valence-corrected chi connectivity index (χ2v) is 6.10. The van der Waals surface area contributed by atoms with E-state index in [1.807, 2.05) is 0 Å². The van der Waals surface area contributed by atoms with E-state index in [9.17, 15) is 4.79 Å². The summed E-state index contributed by atoms with van der Waals surface area (Å²) in [6, 6.07) is 0. The Kier molecular flexibility index (Phi) is 1.36. The summed E-state index contributed by atoms with van der Waals surface area (Å²) in [5.41, 5.74) is 0.269. The monoisotopic (exact) mass is 194 g/mol. The first kappa shape index (κ1) is 8.75. The van der Waals surface area contributed by atoms with E-state index in [1.54, 1.807) is 0 Å². The molecular formula is C12H18O2. The van der Waals surface area contributed by atoms with Crippen molar-refractivity contribution in [1.29, 1.82) is 0 Å². The average Bonchev–Trinajstić information content (AvgIpc) is 2.37. The van der Waals surface area contributed by atoms with Crippen LogP contribution >= 0.6 is 0 Å². The van der Waals surface area contributed by atoms with Gasteiger partial charge in [-0.25, -0.2) is 0 Å². The topological polar surface area (TPSA) is 26.3 Å². The van der Waals surface area contributed by atoms with Crippen molar-refractivity contribution in [3.8, 4) is 0 Å². The number of rotatable bonds is 0. The molecule has 2 heteroatoms. The molecule has 0 aromatic rings. The highest BCUT2D eigenvalue weighted by molar-refractivity contribution is 5.73. The molecule has 78 valence electrons. The summed E-state index contributed by atoms with van der Waals surface area (Å²) in [4.78, 5) is 11.4. The Labute approximate surface area is 85.0 Å². The minimum Gasteiger partial charge on any atom is -0.459 e. The fourth-order valence-corrected chi connectivity index (χ4v) is 4.18. The lowest BCUT2D eigenvalue weighted by molar-refractivity contribution is -0.214. The van der Waals surface area contributed by atoms with E-state index in [0.29, 0.717) is 23.7 Å². The minimum absolute atomic E-state index is 0.0286. The third kappa shape index (κ3) is 0.768. The minimum atomic E-state index is -0.130. The molecule has 0 spiro atoms. The number of esters is 1. The van der Waals surface area contributed by atoms with Gasteiger partial charge in [0.1, 0.15) is 5.60 Å². The van der Waals surface area contributed by atoms with Gasteiger partial charge in [-0.15, -0.1) is 0 Å². The van der Waals surface area contributed by atoms with Gasteiger partial charge in [-0.1, -0.05) is 13.8 Å². The van der Waals surface area contributed by atoms with Gasteiger partial charge in [-0.3, -0.25) is 4.79 Å². The molecule has 0 N–H and O–H groups in total. The van der Waals surface area contributed by atoms with Gasteiger partial charge in [0.05, 0.1) is 6.42 Å². The molecule has 0 unspecified atom stereocenters. The summed E-state index contributed by atoms with van der Waals surface area (Å²) in [7, 11) is 0. The summed E-state index contributed by atoms with van der Waals surface area (Å²) >= 11 is 0. The van der Waals surface area contributed by atoms with Crippen LogP contribution in [0.15, 0.2) is 0 Å². The van der Waals surface area contributed by atoms with Gasteiger partial charge in [0.25, 0.3) is 0 Å². The van der Waals surface area contributed by atoms with E-state index in [-0.39, 0.29) is 11.6 Å². The maximum atomic E-state index is 11.4. The lowest BCUT2D eigenvalue weighted by Gasteiger charge is -2.64. The van der Waals surface area contributed by atoms with Gasteiger partial charge in [0.2, 0.25) is 0 Å². The van der Waals surface area contributed by atoms with E-state index in [0.717, 1.165) is 5.92 Å². The molecule has 0 aromatic heterocycles. The predicted octanol–water partition coefficient (Wildman–Crippen LogP) is 2.37. The molecule has 4 fully saturated rings. The highest BCUT2D eigenvalue weighted by atomic mass is 16.6. The quantitative estimate of drug-likeness (QED) is 0.553. The Bertz CT molecular complexity index is 307. The number of hydrogen-bond acceptors (Lipinski definition) is 2. The van der Waals surface area contributed by atoms with Crippen LogP contribution in [-0.4, -0.2) is 11.6 Å². The van der Waals surface area contributed by atoms with Gasteiger partial charge in [0, 0.05) is 11.8 Å². The summed E-state index contributed by atoms with van der Waals surface area (Å²) in [5.74, 6) is 1.97. The first-order chi connectivity index (χ1) is 6.44. The normalized spacial score (nSPS) is 53.4. The molecule has 14 heavy (non-hydrogen) atoms. The van der Waals surface area contributed by atoms with Crippen LogP contribution in [0.2, 0.25) is 0 Å². The van der Waals surface area contributed by atoms with Crippen molar-refractivity contribution in [1.82, 2.24) is 0 Å². The molecule has 4 rings (SSSR count). The Morgan fingerprint density at radius 1 is 1.21 bits per heavy atom. The van der Waals surface area contributed by atoms with Crippen LogP contribution in [0.1, 0.15) is 40.0 Å². The van der Waals surface area contributed by atoms with Gasteiger partial charge >= 0.3 is 5.97 Å². The predicted molar refractivity (Wildman–Crippen MR) is 52.6 cm³/mol. The molecule has 2 bridgehead atoms. The SMILES string of the molecule is CC1(C)[C@H]2C[C@@H]3CC(=O)O[C@]3(C)[C@@H]1C2. The first-order valence-corrected chi connectivity index (χ1v) is 5.66. The number of hydrogen-bond donors (Lipinski definition) is 0. The van der Waals surface area contributed by atoms with E-state index in [2.05, 4.69) is 20.8 Å². The van der Waals surface area contributed by atoms with Crippen molar-refractivity contribution in [3.63, 3.8) is 0 Å². The van der Waals surface area contributed by atoms with Crippen LogP contribution in [0.4, 0.5) is 0 Å². The summed E-state index contributed by atoms with van der Waals surface area (Å²) in [6.45, 7) is 6.82. The Hall–Kier alpha value is -0.530. The Morgan fingerprint density at radius 3 is 2.57 bits per heavy atom. The van der Waals surface area contributed by atoms with Crippen LogP contribution in [0.3, 0.4) is 0 Å². The van der Waals surface area contributed by atoms with E-state index in [1.165, 1.54) is 12.8 Å². The summed E-state index contributed by atoms with van der Waals surface area (Å²) in [5, 5.41) is 0. The van der Waals surface area contributed by atoms with Crippen LogP contribution in [0, 0.1) is 23.2 Å². The third-order valence-electron chi connectivity index (χ3n) is 5.29. The van der Waals surface area contributed by atoms with Crippen LogP contribution in [0.5, 0.6) is 0 Å². The van der Waals surface area contributed by atoms with Crippen molar-refractivity contribution in [2.75, 3.05) is 0 Å². The molecular weight excluding hydrogens is 176 g/mol. The van der Waals surface area contributed by atoms with E-state index >= 15 is 0 Å². The molecule has 1 saturated heterocycles. The number of carbonyl (C=O) groups excluding carboxylic acids is 1. The third-order valence-corrected chi connectivity index (χ3v) is 5.29. The maximum absolute atomic E-state index is 11.4. The smallest absolute Gasteiger partial charge is 0.306 e. The van der Waals surface area contributed by atoms with Gasteiger partial charge in [-0.2, -0.15) is 0 Å². The van der Waals surface area contributed by atoms with Crippen molar-refractivity contribution >= 4 is 5.97 Å². The highest BCUT2D eigenvalue weighted by Gasteiger charge is 2.67. The zero-order chi connectivity index (χ0) is 10.1. The molecule has 0 amide bonds. The van der Waals surface area contributed by atoms with Gasteiger partial charge < -0.3 is 4.74 Å². The van der Waals surface area contributed by atoms with Gasteiger partial charge in [0.15, 0.2) is 0 Å². The van der Waals surface area contributed by atoms with E-state index in [4.69, 9.17) is 4.74 Å². The van der Waals surface area contributed by atoms with E-state index < -0.39 is 0 Å². The molecule has 1 aliphatic heterocycles. The molecule has 0 aromatic carbocycles. The van der Waals surface area contributed by atoms with Crippen molar-refractivity contribution in [2.24, 2.45) is 23.2 Å². The van der Waals surface area contributed by atoms with Crippen LogP contribution in [-0.2, 0) is 9.53 Å². The van der Waals surface area contributed by atoms with Crippen molar-refractivity contribution < 1.29 is 9.53 Å². The lowest BCUT2D eigenvalue weighted by atomic mass is 9.42. The Balaban J connectivity index is 1.98. The highest BCUT2D eigenvalue weighted by Crippen LogP contribution is 2.67. The second-order valence-electron chi connectivity index (χ2n) is 6.10. The Morgan fingerprint density at radius 2 is 1.93 bits per heavy atom. The van der Waals surface area contributed by atoms with Crippen molar-refractivity contribution in [2.45, 2.75) is 45.6 Å². The maximum Gasteiger partial charge on any atom is 0.306 e. The largest absolute Gasteiger partial charge is 0.459 e. The molecule has 4 atom stereocenters. The molecule has 3 aliphatic carbocycles. The molecule has 4 aliphatic rings. The summed E-state index contributed by atoms with van der Waals surface area (Å²) < 4.78 is 5.60. The molecule has 1 heterocycles. The average molecular weight is 194 g/mol. The zero-order valence-corrected chi connectivity index (χ0v) is 9.17. The summed E-state index contributed by atoms with van der Waals surface area (Å²) in [6.07, 6.45) is 3.14. The fourth-order valence-electron chi connectivity index (χ4n) is 4.18. The van der Waals surface area contributed by atoms with Crippen LogP contribution < -0.4 is 0 Å². The van der Waals surface area contributed by atoms with Crippen molar-refractivity contribution in [3.05, 3.63) is 0 Å². The first-order valence-electron chi connectivity index (χ1n) is 5.66. The molecule has 0 radical (unpaired) electrons. The number of carbonyl (C=O) groups is 1. The lowest BCUT2D eigenvalue weighted by Crippen LogP contribution is -2.63. The molecule has 2 nitrogen and oxygen atoms in total. The van der Waals surface area contributed by atoms with Crippen LogP contribution in [0.25, 0.3) is 0 Å².